The standard InChI is InChI=1S/C14H21ClN4O/c15-14-12(4-1-7-17-14)18-13(20)10-19-8-2-3-11(9-19)5-6-16/h1,4,7,11H,2-3,5-6,8-10,16H2,(H,18,20). The van der Waals surface area contributed by atoms with Crippen LogP contribution in [0.15, 0.2) is 18.3 Å². The summed E-state index contributed by atoms with van der Waals surface area (Å²) in [5.74, 6) is 0.567. The third kappa shape index (κ3) is 4.44. The van der Waals surface area contributed by atoms with Crippen molar-refractivity contribution >= 4 is 23.2 Å². The van der Waals surface area contributed by atoms with Crippen molar-refractivity contribution in [2.24, 2.45) is 11.7 Å². The van der Waals surface area contributed by atoms with E-state index in [9.17, 15) is 4.79 Å². The second-order valence-electron chi connectivity index (χ2n) is 5.21. The highest BCUT2D eigenvalue weighted by atomic mass is 35.5. The molecule has 2 rings (SSSR count). The highest BCUT2D eigenvalue weighted by Gasteiger charge is 2.21. The monoisotopic (exact) mass is 296 g/mol. The maximum absolute atomic E-state index is 12.0. The highest BCUT2D eigenvalue weighted by molar-refractivity contribution is 6.32. The number of rotatable bonds is 5. The number of carbonyl (C=O) groups excluding carboxylic acids is 1. The molecule has 5 nitrogen and oxygen atoms in total. The van der Waals surface area contributed by atoms with Gasteiger partial charge >= 0.3 is 0 Å². The lowest BCUT2D eigenvalue weighted by atomic mass is 9.95. The van der Waals surface area contributed by atoms with Gasteiger partial charge in [0.25, 0.3) is 0 Å². The van der Waals surface area contributed by atoms with Crippen molar-refractivity contribution in [3.8, 4) is 0 Å². The van der Waals surface area contributed by atoms with Crippen molar-refractivity contribution in [1.29, 1.82) is 0 Å². The summed E-state index contributed by atoms with van der Waals surface area (Å²) >= 11 is 5.92. The Labute approximate surface area is 124 Å². The number of halogens is 1. The molecule has 0 spiro atoms. The first-order chi connectivity index (χ1) is 9.69. The van der Waals surface area contributed by atoms with Crippen LogP contribution in [0, 0.1) is 5.92 Å². The van der Waals surface area contributed by atoms with Gasteiger partial charge in [-0.25, -0.2) is 4.98 Å². The summed E-state index contributed by atoms with van der Waals surface area (Å²) in [7, 11) is 0. The molecule has 0 radical (unpaired) electrons. The third-order valence-electron chi connectivity index (χ3n) is 3.58. The average Bonchev–Trinajstić information content (AvgIpc) is 2.42. The molecular weight excluding hydrogens is 276 g/mol. The van der Waals surface area contributed by atoms with Crippen LogP contribution in [0.5, 0.6) is 0 Å². The van der Waals surface area contributed by atoms with Crippen LogP contribution >= 0.6 is 11.6 Å². The fourth-order valence-corrected chi connectivity index (χ4v) is 2.80. The van der Waals surface area contributed by atoms with Gasteiger partial charge in [-0.05, 0) is 50.4 Å². The summed E-state index contributed by atoms with van der Waals surface area (Å²) in [5, 5.41) is 3.12. The summed E-state index contributed by atoms with van der Waals surface area (Å²) in [6, 6.07) is 3.50. The van der Waals surface area contributed by atoms with Crippen LogP contribution < -0.4 is 11.1 Å². The zero-order chi connectivity index (χ0) is 14.4. The molecule has 2 heterocycles. The van der Waals surface area contributed by atoms with Crippen LogP contribution in [-0.4, -0.2) is 42.0 Å². The minimum Gasteiger partial charge on any atom is -0.330 e. The molecule has 20 heavy (non-hydrogen) atoms. The quantitative estimate of drug-likeness (QED) is 0.812. The average molecular weight is 297 g/mol. The topological polar surface area (TPSA) is 71.2 Å². The highest BCUT2D eigenvalue weighted by Crippen LogP contribution is 2.20. The van der Waals surface area contributed by atoms with E-state index in [1.165, 1.54) is 6.42 Å². The van der Waals surface area contributed by atoms with Crippen molar-refractivity contribution in [2.75, 3.05) is 31.5 Å². The fourth-order valence-electron chi connectivity index (χ4n) is 2.64. The smallest absolute Gasteiger partial charge is 0.238 e. The van der Waals surface area contributed by atoms with Crippen molar-refractivity contribution in [3.63, 3.8) is 0 Å². The lowest BCUT2D eigenvalue weighted by Gasteiger charge is -2.32. The second kappa shape index (κ2) is 7.57. The van der Waals surface area contributed by atoms with E-state index in [1.807, 2.05) is 0 Å². The van der Waals surface area contributed by atoms with Gasteiger partial charge in [0.15, 0.2) is 5.15 Å². The molecule has 1 aromatic heterocycles. The van der Waals surface area contributed by atoms with Crippen LogP contribution in [-0.2, 0) is 4.79 Å². The van der Waals surface area contributed by atoms with E-state index in [0.717, 1.165) is 32.5 Å². The van der Waals surface area contributed by atoms with E-state index < -0.39 is 0 Å². The van der Waals surface area contributed by atoms with Gasteiger partial charge in [-0.1, -0.05) is 11.6 Å². The van der Waals surface area contributed by atoms with Crippen molar-refractivity contribution in [2.45, 2.75) is 19.3 Å². The molecule has 0 saturated carbocycles. The first kappa shape index (κ1) is 15.2. The van der Waals surface area contributed by atoms with Crippen LogP contribution in [0.2, 0.25) is 5.15 Å². The molecule has 1 aliphatic heterocycles. The number of hydrogen-bond donors (Lipinski definition) is 2. The number of pyridine rings is 1. The summed E-state index contributed by atoms with van der Waals surface area (Å²) in [6.45, 7) is 3.03. The molecule has 0 bridgehead atoms. The number of piperidine rings is 1. The molecule has 110 valence electrons. The molecule has 1 atom stereocenters. The Morgan fingerprint density at radius 2 is 2.45 bits per heavy atom. The van der Waals surface area contributed by atoms with Crippen LogP contribution in [0.1, 0.15) is 19.3 Å². The Balaban J connectivity index is 1.84. The summed E-state index contributed by atoms with van der Waals surface area (Å²) in [5.41, 5.74) is 6.17. The Kier molecular flexibility index (Phi) is 5.76. The van der Waals surface area contributed by atoms with Gasteiger partial charge in [0.1, 0.15) is 0 Å². The molecule has 1 amide bonds. The summed E-state index contributed by atoms with van der Waals surface area (Å²) in [6.07, 6.45) is 4.97. The Hall–Kier alpha value is -1.17. The van der Waals surface area contributed by atoms with Gasteiger partial charge in [0, 0.05) is 12.7 Å². The number of carbonyl (C=O) groups is 1. The molecular formula is C14H21ClN4O. The predicted octanol–water partition coefficient (Wildman–Crippen LogP) is 1.73. The van der Waals surface area contributed by atoms with Gasteiger partial charge < -0.3 is 11.1 Å². The lowest BCUT2D eigenvalue weighted by Crippen LogP contribution is -2.41. The SMILES string of the molecule is NCCC1CCCN(CC(=O)Nc2cccnc2Cl)C1. The Morgan fingerprint density at radius 3 is 3.20 bits per heavy atom. The molecule has 1 saturated heterocycles. The van der Waals surface area contributed by atoms with E-state index in [4.69, 9.17) is 17.3 Å². The number of hydrogen-bond acceptors (Lipinski definition) is 4. The molecule has 1 unspecified atom stereocenters. The first-order valence-electron chi connectivity index (χ1n) is 7.02. The van der Waals surface area contributed by atoms with Crippen LogP contribution in [0.25, 0.3) is 0 Å². The van der Waals surface area contributed by atoms with Gasteiger partial charge in [-0.15, -0.1) is 0 Å². The minimum atomic E-state index is -0.0479. The summed E-state index contributed by atoms with van der Waals surface area (Å²) in [4.78, 5) is 18.2. The van der Waals surface area contributed by atoms with Gasteiger partial charge in [-0.2, -0.15) is 0 Å². The zero-order valence-corrected chi connectivity index (χ0v) is 12.3. The second-order valence-corrected chi connectivity index (χ2v) is 5.57. The van der Waals surface area contributed by atoms with E-state index in [2.05, 4.69) is 15.2 Å². The maximum Gasteiger partial charge on any atom is 0.238 e. The number of likely N-dealkylation sites (tertiary alicyclic amines) is 1. The number of aromatic nitrogens is 1. The number of nitrogens with two attached hydrogens (primary N) is 1. The number of anilines is 1. The van der Waals surface area contributed by atoms with Gasteiger partial charge in [0.2, 0.25) is 5.91 Å². The number of nitrogens with one attached hydrogen (secondary N) is 1. The number of nitrogens with zero attached hydrogens (tertiary/aromatic N) is 2. The zero-order valence-electron chi connectivity index (χ0n) is 11.5. The van der Waals surface area contributed by atoms with Gasteiger partial charge in [-0.3, -0.25) is 9.69 Å². The molecule has 6 heteroatoms. The maximum atomic E-state index is 12.0. The van der Waals surface area contributed by atoms with Crippen molar-refractivity contribution < 1.29 is 4.79 Å². The third-order valence-corrected chi connectivity index (χ3v) is 3.88. The van der Waals surface area contributed by atoms with Crippen LogP contribution in [0.3, 0.4) is 0 Å². The molecule has 1 aromatic rings. The lowest BCUT2D eigenvalue weighted by molar-refractivity contribution is -0.117. The predicted molar refractivity (Wildman–Crippen MR) is 80.7 cm³/mol. The normalized spacial score (nSPS) is 19.8. The molecule has 3 N–H and O–H groups in total. The number of amides is 1. The van der Waals surface area contributed by atoms with Crippen LogP contribution in [0.4, 0.5) is 5.69 Å². The molecule has 0 aromatic carbocycles. The van der Waals surface area contributed by atoms with Crippen molar-refractivity contribution in [3.05, 3.63) is 23.5 Å². The van der Waals surface area contributed by atoms with Gasteiger partial charge in [0.05, 0.1) is 12.2 Å². The Bertz CT molecular complexity index is 453. The fraction of sp³-hybridized carbons (Fsp3) is 0.571. The molecule has 0 aliphatic carbocycles. The minimum absolute atomic E-state index is 0.0479. The molecule has 1 fully saturated rings. The Morgan fingerprint density at radius 1 is 1.60 bits per heavy atom. The van der Waals surface area contributed by atoms with E-state index in [1.54, 1.807) is 18.3 Å². The van der Waals surface area contributed by atoms with E-state index >= 15 is 0 Å². The summed E-state index contributed by atoms with van der Waals surface area (Å²) < 4.78 is 0. The first-order valence-corrected chi connectivity index (χ1v) is 7.39. The largest absolute Gasteiger partial charge is 0.330 e. The van der Waals surface area contributed by atoms with E-state index in [-0.39, 0.29) is 5.91 Å². The molecule has 1 aliphatic rings. The van der Waals surface area contributed by atoms with Crippen molar-refractivity contribution in [1.82, 2.24) is 9.88 Å². The van der Waals surface area contributed by atoms with E-state index in [0.29, 0.717) is 23.3 Å².